The SMILES string of the molecule is CCCCOc1c(/C=C2/N(C)c3ccc(C(=O)O)cc3C2(C)C)c(=O)c1=O. The van der Waals surface area contributed by atoms with Crippen LogP contribution >= 0.6 is 0 Å². The van der Waals surface area contributed by atoms with Crippen LogP contribution in [-0.4, -0.2) is 24.7 Å². The van der Waals surface area contributed by atoms with Gasteiger partial charge in [-0.3, -0.25) is 9.59 Å². The standard InChI is InChI=1S/C21H23NO5/c1-5-6-9-27-19-13(17(23)18(19)24)11-16-21(2,3)14-10-12(20(25)26)7-8-15(14)22(16)4/h7-8,10-11H,5-6,9H2,1-4H3,(H,25,26)/b16-11+. The van der Waals surface area contributed by atoms with Gasteiger partial charge in [0.1, 0.15) is 0 Å². The highest BCUT2D eigenvalue weighted by molar-refractivity contribution is 5.90. The summed E-state index contributed by atoms with van der Waals surface area (Å²) in [6.07, 6.45) is 3.44. The second kappa shape index (κ2) is 6.68. The van der Waals surface area contributed by atoms with E-state index in [1.54, 1.807) is 24.3 Å². The first-order valence-corrected chi connectivity index (χ1v) is 9.00. The maximum absolute atomic E-state index is 12.1. The average Bonchev–Trinajstić information content (AvgIpc) is 2.83. The monoisotopic (exact) mass is 369 g/mol. The zero-order valence-electron chi connectivity index (χ0n) is 16.0. The number of benzene rings is 1. The quantitative estimate of drug-likeness (QED) is 0.623. The summed E-state index contributed by atoms with van der Waals surface area (Å²) in [6.45, 7) is 6.36. The van der Waals surface area contributed by atoms with Gasteiger partial charge in [-0.2, -0.15) is 0 Å². The van der Waals surface area contributed by atoms with Gasteiger partial charge < -0.3 is 14.7 Å². The highest BCUT2D eigenvalue weighted by Gasteiger charge is 2.39. The van der Waals surface area contributed by atoms with Crippen LogP contribution in [0.2, 0.25) is 0 Å². The van der Waals surface area contributed by atoms with Gasteiger partial charge in [-0.1, -0.05) is 27.2 Å². The summed E-state index contributed by atoms with van der Waals surface area (Å²) < 4.78 is 5.52. The lowest BCUT2D eigenvalue weighted by Crippen LogP contribution is -2.36. The Hall–Kier alpha value is -2.89. The molecule has 0 saturated heterocycles. The highest BCUT2D eigenvalue weighted by Crippen LogP contribution is 2.48. The first-order chi connectivity index (χ1) is 12.7. The van der Waals surface area contributed by atoms with Crippen molar-refractivity contribution in [2.75, 3.05) is 18.6 Å². The summed E-state index contributed by atoms with van der Waals surface area (Å²) in [7, 11) is 1.86. The van der Waals surface area contributed by atoms with Gasteiger partial charge in [-0.15, -0.1) is 0 Å². The minimum Gasteiger partial charge on any atom is -0.489 e. The van der Waals surface area contributed by atoms with Crippen LogP contribution in [0.3, 0.4) is 0 Å². The number of hydrogen-bond donors (Lipinski definition) is 1. The third-order valence-electron chi connectivity index (χ3n) is 5.21. The number of rotatable bonds is 6. The normalized spacial score (nSPS) is 16.7. The van der Waals surface area contributed by atoms with E-state index in [2.05, 4.69) is 0 Å². The van der Waals surface area contributed by atoms with Crippen molar-refractivity contribution in [1.82, 2.24) is 0 Å². The van der Waals surface area contributed by atoms with Crippen molar-refractivity contribution in [3.63, 3.8) is 0 Å². The van der Waals surface area contributed by atoms with Gasteiger partial charge in [0.2, 0.25) is 5.43 Å². The van der Waals surface area contributed by atoms with E-state index in [0.29, 0.717) is 6.61 Å². The zero-order valence-corrected chi connectivity index (χ0v) is 16.0. The lowest BCUT2D eigenvalue weighted by atomic mass is 9.82. The lowest BCUT2D eigenvalue weighted by molar-refractivity contribution is 0.0697. The molecule has 0 spiro atoms. The van der Waals surface area contributed by atoms with E-state index < -0.39 is 22.2 Å². The molecule has 0 fully saturated rings. The number of carboxylic acids is 1. The fourth-order valence-electron chi connectivity index (χ4n) is 3.54. The number of anilines is 1. The molecule has 27 heavy (non-hydrogen) atoms. The van der Waals surface area contributed by atoms with Gasteiger partial charge in [-0.05, 0) is 36.3 Å². The number of likely N-dealkylation sites (N-methyl/N-ethyl adjacent to an activating group) is 1. The number of allylic oxidation sites excluding steroid dienone is 1. The van der Waals surface area contributed by atoms with Crippen LogP contribution in [0.5, 0.6) is 5.75 Å². The second-order valence-corrected chi connectivity index (χ2v) is 7.35. The minimum absolute atomic E-state index is 0.132. The molecule has 0 saturated carbocycles. The van der Waals surface area contributed by atoms with Gasteiger partial charge in [0.25, 0.3) is 5.43 Å². The molecular formula is C21H23NO5. The third kappa shape index (κ3) is 2.95. The Morgan fingerprint density at radius 1 is 1.26 bits per heavy atom. The molecule has 0 unspecified atom stereocenters. The van der Waals surface area contributed by atoms with Crippen LogP contribution < -0.4 is 20.5 Å². The van der Waals surface area contributed by atoms with E-state index in [0.717, 1.165) is 29.8 Å². The Kier molecular flexibility index (Phi) is 4.68. The van der Waals surface area contributed by atoms with E-state index in [1.165, 1.54) is 0 Å². The molecule has 6 nitrogen and oxygen atoms in total. The molecular weight excluding hydrogens is 346 g/mol. The van der Waals surface area contributed by atoms with Crippen molar-refractivity contribution in [1.29, 1.82) is 0 Å². The Morgan fingerprint density at radius 3 is 2.59 bits per heavy atom. The molecule has 3 rings (SSSR count). The van der Waals surface area contributed by atoms with E-state index in [1.807, 2.05) is 32.7 Å². The Bertz CT molecular complexity index is 1010. The molecule has 0 atom stereocenters. The van der Waals surface area contributed by atoms with Gasteiger partial charge >= 0.3 is 5.97 Å². The number of fused-ring (bicyclic) bond motifs is 1. The van der Waals surface area contributed by atoms with Crippen molar-refractivity contribution in [2.24, 2.45) is 0 Å². The molecule has 6 heteroatoms. The van der Waals surface area contributed by atoms with Crippen molar-refractivity contribution in [3.8, 4) is 5.75 Å². The number of hydrogen-bond acceptors (Lipinski definition) is 5. The van der Waals surface area contributed by atoms with Crippen LogP contribution in [0.1, 0.15) is 55.1 Å². The molecule has 142 valence electrons. The molecule has 1 heterocycles. The molecule has 2 aromatic rings. The van der Waals surface area contributed by atoms with Gasteiger partial charge in [-0.25, -0.2) is 4.79 Å². The van der Waals surface area contributed by atoms with Crippen molar-refractivity contribution in [2.45, 2.75) is 39.0 Å². The summed E-state index contributed by atoms with van der Waals surface area (Å²) >= 11 is 0. The fraction of sp³-hybridized carbons (Fsp3) is 0.381. The topological polar surface area (TPSA) is 83.9 Å². The predicted molar refractivity (Wildman–Crippen MR) is 105 cm³/mol. The fourth-order valence-corrected chi connectivity index (χ4v) is 3.54. The summed E-state index contributed by atoms with van der Waals surface area (Å²) in [5, 5.41) is 9.28. The molecule has 1 aliphatic heterocycles. The largest absolute Gasteiger partial charge is 0.489 e. The maximum Gasteiger partial charge on any atom is 0.335 e. The number of ether oxygens (including phenoxy) is 1. The Balaban J connectivity index is 2.03. The molecule has 0 bridgehead atoms. The molecule has 1 aliphatic rings. The van der Waals surface area contributed by atoms with Crippen LogP contribution in [0.4, 0.5) is 5.69 Å². The Labute approximate surface area is 157 Å². The van der Waals surface area contributed by atoms with Crippen LogP contribution in [0, 0.1) is 0 Å². The van der Waals surface area contributed by atoms with Gasteiger partial charge in [0, 0.05) is 23.8 Å². The van der Waals surface area contributed by atoms with Crippen molar-refractivity contribution < 1.29 is 14.6 Å². The number of carboxylic acid groups (broad SMARTS) is 1. The maximum atomic E-state index is 12.1. The smallest absolute Gasteiger partial charge is 0.335 e. The molecule has 2 aromatic carbocycles. The van der Waals surface area contributed by atoms with Gasteiger partial charge in [0.15, 0.2) is 5.75 Å². The van der Waals surface area contributed by atoms with E-state index in [-0.39, 0.29) is 16.9 Å². The summed E-state index contributed by atoms with van der Waals surface area (Å²) in [6, 6.07) is 4.99. The molecule has 0 radical (unpaired) electrons. The van der Waals surface area contributed by atoms with Crippen LogP contribution in [-0.2, 0) is 5.41 Å². The molecule has 1 N–H and O–H groups in total. The third-order valence-corrected chi connectivity index (χ3v) is 5.21. The van der Waals surface area contributed by atoms with Gasteiger partial charge in [0.05, 0.1) is 17.7 Å². The minimum atomic E-state index is -0.984. The zero-order chi connectivity index (χ0) is 19.9. The number of carbonyl (C=O) groups is 1. The Morgan fingerprint density at radius 2 is 1.96 bits per heavy atom. The summed E-state index contributed by atoms with van der Waals surface area (Å²) in [4.78, 5) is 37.2. The number of nitrogens with zero attached hydrogens (tertiary/aromatic N) is 1. The molecule has 0 aromatic heterocycles. The summed E-state index contributed by atoms with van der Waals surface area (Å²) in [5.74, 6) is -0.852. The second-order valence-electron chi connectivity index (χ2n) is 7.35. The first-order valence-electron chi connectivity index (χ1n) is 9.00. The predicted octanol–water partition coefficient (Wildman–Crippen LogP) is 2.93. The lowest BCUT2D eigenvalue weighted by Gasteiger charge is -2.24. The van der Waals surface area contributed by atoms with E-state index in [9.17, 15) is 19.5 Å². The van der Waals surface area contributed by atoms with E-state index in [4.69, 9.17) is 4.74 Å². The van der Waals surface area contributed by atoms with Crippen LogP contribution in [0.25, 0.3) is 6.08 Å². The molecule has 0 aliphatic carbocycles. The van der Waals surface area contributed by atoms with E-state index >= 15 is 0 Å². The van der Waals surface area contributed by atoms with Crippen LogP contribution in [0.15, 0.2) is 33.5 Å². The van der Waals surface area contributed by atoms with Crippen molar-refractivity contribution >= 4 is 17.7 Å². The average molecular weight is 369 g/mol. The highest BCUT2D eigenvalue weighted by atomic mass is 16.5. The van der Waals surface area contributed by atoms with Crippen molar-refractivity contribution in [3.05, 3.63) is 61.0 Å². The summed E-state index contributed by atoms with van der Waals surface area (Å²) in [5.41, 5.74) is 1.42. The molecule has 0 amide bonds. The first kappa shape index (κ1) is 18.9. The number of unbranched alkanes of at least 4 members (excludes halogenated alkanes) is 1. The number of aromatic carboxylic acids is 1.